The van der Waals surface area contributed by atoms with Gasteiger partial charge in [-0.05, 0) is 26.1 Å². The maximum Gasteiger partial charge on any atom is 0.141 e. The van der Waals surface area contributed by atoms with Gasteiger partial charge < -0.3 is 15.7 Å². The summed E-state index contributed by atoms with van der Waals surface area (Å²) >= 11 is 5.81. The molecule has 0 amide bonds. The van der Waals surface area contributed by atoms with Crippen molar-refractivity contribution in [2.45, 2.75) is 6.92 Å². The first-order chi connectivity index (χ1) is 8.63. The second kappa shape index (κ2) is 6.84. The molecule has 0 unspecified atom stereocenters. The zero-order valence-corrected chi connectivity index (χ0v) is 11.0. The van der Waals surface area contributed by atoms with Gasteiger partial charge in [0, 0.05) is 13.1 Å². The monoisotopic (exact) mass is 266 g/mol. The normalized spacial score (nSPS) is 11.7. The van der Waals surface area contributed by atoms with Crippen LogP contribution in [0.25, 0.3) is 5.76 Å². The lowest BCUT2D eigenvalue weighted by atomic mass is 10.1. The number of pyridine rings is 1. The minimum atomic E-state index is -0.0908. The highest BCUT2D eigenvalue weighted by molar-refractivity contribution is 6.29. The smallest absolute Gasteiger partial charge is 0.141 e. The number of hydrogen-bond acceptors (Lipinski definition) is 5. The van der Waals surface area contributed by atoms with E-state index in [1.54, 1.807) is 19.2 Å². The van der Waals surface area contributed by atoms with Crippen LogP contribution < -0.4 is 10.6 Å². The van der Waals surface area contributed by atoms with Crippen LogP contribution in [0.1, 0.15) is 12.5 Å². The molecule has 1 rings (SSSR count). The second-order valence-corrected chi connectivity index (χ2v) is 3.92. The summed E-state index contributed by atoms with van der Waals surface area (Å²) in [6.07, 6.45) is 0. The minimum Gasteiger partial charge on any atom is -0.506 e. The van der Waals surface area contributed by atoms with E-state index >= 15 is 0 Å². The number of anilines is 1. The Balaban J connectivity index is 3.27. The lowest BCUT2D eigenvalue weighted by molar-refractivity contribution is 0.506. The van der Waals surface area contributed by atoms with Crippen LogP contribution in [0, 0.1) is 11.3 Å². The Labute approximate surface area is 111 Å². The number of likely N-dealkylation sites (N-methyl/N-ethyl adjacent to an activating group) is 1. The zero-order valence-electron chi connectivity index (χ0n) is 10.3. The van der Waals surface area contributed by atoms with Crippen LogP contribution in [0.3, 0.4) is 0 Å². The third-order valence-corrected chi connectivity index (χ3v) is 2.45. The van der Waals surface area contributed by atoms with Crippen LogP contribution in [0.5, 0.6) is 0 Å². The summed E-state index contributed by atoms with van der Waals surface area (Å²) in [7, 11) is 1.70. The fraction of sp³-hybridized carbons (Fsp3) is 0.333. The van der Waals surface area contributed by atoms with Gasteiger partial charge in [-0.2, -0.15) is 5.26 Å². The van der Waals surface area contributed by atoms with E-state index in [1.165, 1.54) is 0 Å². The molecule has 1 aromatic rings. The van der Waals surface area contributed by atoms with Crippen LogP contribution in [0.15, 0.2) is 17.7 Å². The lowest BCUT2D eigenvalue weighted by Gasteiger charge is -2.10. The third kappa shape index (κ3) is 3.36. The molecule has 0 atom stereocenters. The predicted molar refractivity (Wildman–Crippen MR) is 72.5 cm³/mol. The molecule has 96 valence electrons. The highest BCUT2D eigenvalue weighted by Crippen LogP contribution is 2.24. The van der Waals surface area contributed by atoms with Crippen LogP contribution in [0.4, 0.5) is 5.82 Å². The minimum absolute atomic E-state index is 0.0908. The molecule has 1 heterocycles. The van der Waals surface area contributed by atoms with Crippen LogP contribution in [-0.4, -0.2) is 30.2 Å². The third-order valence-electron chi connectivity index (χ3n) is 2.23. The van der Waals surface area contributed by atoms with Crippen molar-refractivity contribution in [1.82, 2.24) is 10.3 Å². The average molecular weight is 267 g/mol. The summed E-state index contributed by atoms with van der Waals surface area (Å²) in [6, 6.07) is 5.17. The van der Waals surface area contributed by atoms with Crippen molar-refractivity contribution in [2.24, 2.45) is 0 Å². The maximum absolute atomic E-state index is 10.1. The largest absolute Gasteiger partial charge is 0.506 e. The zero-order chi connectivity index (χ0) is 13.5. The van der Waals surface area contributed by atoms with Crippen molar-refractivity contribution in [2.75, 3.05) is 25.5 Å². The maximum atomic E-state index is 10.1. The van der Waals surface area contributed by atoms with E-state index in [2.05, 4.69) is 15.6 Å². The first kappa shape index (κ1) is 14.3. The molecular formula is C12H15ClN4O. The van der Waals surface area contributed by atoms with Crippen molar-refractivity contribution in [3.8, 4) is 6.07 Å². The van der Waals surface area contributed by atoms with Crippen molar-refractivity contribution in [3.63, 3.8) is 0 Å². The van der Waals surface area contributed by atoms with Crippen molar-refractivity contribution >= 4 is 23.2 Å². The Kier molecular flexibility index (Phi) is 5.43. The number of aliphatic hydroxyl groups is 1. The van der Waals surface area contributed by atoms with E-state index in [9.17, 15) is 5.11 Å². The molecule has 0 spiro atoms. The number of nitrogens with one attached hydrogen (secondary N) is 2. The van der Waals surface area contributed by atoms with E-state index < -0.39 is 0 Å². The SMILES string of the molecule is CCNc1nc(Cl)ccc1C(O)=C(C#N)CNC. The van der Waals surface area contributed by atoms with Gasteiger partial charge in [-0.3, -0.25) is 0 Å². The molecule has 0 aromatic carbocycles. The van der Waals surface area contributed by atoms with Gasteiger partial charge in [-0.25, -0.2) is 4.98 Å². The standard InChI is InChI=1S/C12H15ClN4O/c1-3-16-12-9(4-5-10(13)17-12)11(18)8(6-14)7-15-2/h4-5,15,18H,3,7H2,1-2H3,(H,16,17). The summed E-state index contributed by atoms with van der Waals surface area (Å²) < 4.78 is 0. The lowest BCUT2D eigenvalue weighted by Crippen LogP contribution is -2.12. The summed E-state index contributed by atoms with van der Waals surface area (Å²) in [4.78, 5) is 4.09. The molecule has 18 heavy (non-hydrogen) atoms. The molecule has 0 fully saturated rings. The van der Waals surface area contributed by atoms with E-state index in [4.69, 9.17) is 16.9 Å². The van der Waals surface area contributed by atoms with Crippen LogP contribution in [0.2, 0.25) is 5.15 Å². The molecule has 6 heteroatoms. The van der Waals surface area contributed by atoms with Gasteiger partial charge >= 0.3 is 0 Å². The number of nitrogens with zero attached hydrogens (tertiary/aromatic N) is 2. The first-order valence-corrected chi connectivity index (χ1v) is 5.89. The quantitative estimate of drug-likeness (QED) is 0.432. The Morgan fingerprint density at radius 3 is 2.83 bits per heavy atom. The van der Waals surface area contributed by atoms with Crippen molar-refractivity contribution in [3.05, 3.63) is 28.4 Å². The molecular weight excluding hydrogens is 252 g/mol. The van der Waals surface area contributed by atoms with Gasteiger partial charge in [0.25, 0.3) is 0 Å². The predicted octanol–water partition coefficient (Wildman–Crippen LogP) is 2.18. The van der Waals surface area contributed by atoms with E-state index in [1.807, 2.05) is 13.0 Å². The summed E-state index contributed by atoms with van der Waals surface area (Å²) in [5, 5.41) is 25.2. The van der Waals surface area contributed by atoms with E-state index in [-0.39, 0.29) is 17.9 Å². The summed E-state index contributed by atoms with van der Waals surface area (Å²) in [5.41, 5.74) is 0.717. The van der Waals surface area contributed by atoms with Gasteiger partial charge in [0.15, 0.2) is 0 Å². The number of hydrogen-bond donors (Lipinski definition) is 3. The van der Waals surface area contributed by atoms with Crippen molar-refractivity contribution < 1.29 is 5.11 Å². The Bertz CT molecular complexity index is 493. The number of halogens is 1. The number of aromatic nitrogens is 1. The highest BCUT2D eigenvalue weighted by atomic mass is 35.5. The molecule has 0 bridgehead atoms. The van der Waals surface area contributed by atoms with Gasteiger partial charge in [-0.15, -0.1) is 0 Å². The molecule has 0 aliphatic carbocycles. The van der Waals surface area contributed by atoms with Gasteiger partial charge in [0.05, 0.1) is 17.2 Å². The van der Waals surface area contributed by atoms with Gasteiger partial charge in [-0.1, -0.05) is 11.6 Å². The molecule has 5 nitrogen and oxygen atoms in total. The first-order valence-electron chi connectivity index (χ1n) is 5.51. The molecule has 1 aromatic heterocycles. The molecule has 0 saturated heterocycles. The molecule has 0 radical (unpaired) electrons. The van der Waals surface area contributed by atoms with Crippen LogP contribution in [-0.2, 0) is 0 Å². The van der Waals surface area contributed by atoms with Crippen molar-refractivity contribution in [1.29, 1.82) is 5.26 Å². The van der Waals surface area contributed by atoms with Crippen LogP contribution >= 0.6 is 11.6 Å². The van der Waals surface area contributed by atoms with Gasteiger partial charge in [0.2, 0.25) is 0 Å². The second-order valence-electron chi connectivity index (χ2n) is 3.53. The average Bonchev–Trinajstić information content (AvgIpc) is 2.36. The molecule has 3 N–H and O–H groups in total. The highest BCUT2D eigenvalue weighted by Gasteiger charge is 2.13. The van der Waals surface area contributed by atoms with E-state index in [0.717, 1.165) is 0 Å². The van der Waals surface area contributed by atoms with E-state index in [0.29, 0.717) is 23.1 Å². The molecule has 0 saturated carbocycles. The molecule has 0 aliphatic heterocycles. The summed E-state index contributed by atoms with van der Waals surface area (Å²) in [5.74, 6) is 0.373. The number of aliphatic hydroxyl groups excluding tert-OH is 1. The summed E-state index contributed by atoms with van der Waals surface area (Å²) in [6.45, 7) is 2.84. The Hall–Kier alpha value is -1.77. The number of nitriles is 1. The van der Waals surface area contributed by atoms with Gasteiger partial charge in [0.1, 0.15) is 16.7 Å². The molecule has 0 aliphatic rings. The Morgan fingerprint density at radius 1 is 1.56 bits per heavy atom. The topological polar surface area (TPSA) is 81.0 Å². The number of rotatable bonds is 5. The fourth-order valence-corrected chi connectivity index (χ4v) is 1.59. The Morgan fingerprint density at radius 2 is 2.28 bits per heavy atom. The fourth-order valence-electron chi connectivity index (χ4n) is 1.44.